The van der Waals surface area contributed by atoms with Gasteiger partial charge in [0, 0.05) is 5.56 Å². The monoisotopic (exact) mass is 356 g/mol. The molecule has 1 atom stereocenters. The van der Waals surface area contributed by atoms with E-state index in [4.69, 9.17) is 9.47 Å². The average molecular weight is 356 g/mol. The van der Waals surface area contributed by atoms with E-state index in [1.54, 1.807) is 12.1 Å². The Hall–Kier alpha value is -3.33. The summed E-state index contributed by atoms with van der Waals surface area (Å²) in [6.07, 6.45) is 2.23. The number of hydrogen-bond donors (Lipinski definition) is 0. The van der Waals surface area contributed by atoms with Crippen LogP contribution in [0.25, 0.3) is 0 Å². The van der Waals surface area contributed by atoms with Gasteiger partial charge in [-0.1, -0.05) is 66.7 Å². The topological polar surface area (TPSA) is 35.5 Å². The minimum atomic E-state index is -0.884. The van der Waals surface area contributed by atoms with Crippen LogP contribution >= 0.6 is 0 Å². The molecule has 0 bridgehead atoms. The maximum Gasteiger partial charge on any atom is 0.326 e. The van der Waals surface area contributed by atoms with Gasteiger partial charge in [0.25, 0.3) is 0 Å². The Labute approximate surface area is 158 Å². The van der Waals surface area contributed by atoms with Gasteiger partial charge in [-0.3, -0.25) is 4.79 Å². The average Bonchev–Trinajstić information content (AvgIpc) is 3.00. The van der Waals surface area contributed by atoms with E-state index in [0.29, 0.717) is 24.5 Å². The van der Waals surface area contributed by atoms with Crippen LogP contribution in [-0.4, -0.2) is 5.97 Å². The van der Waals surface area contributed by atoms with E-state index in [1.165, 1.54) is 0 Å². The number of rotatable bonds is 6. The number of benzene rings is 3. The van der Waals surface area contributed by atoms with Crippen molar-refractivity contribution < 1.29 is 14.3 Å². The zero-order chi connectivity index (χ0) is 18.7. The second kappa shape index (κ2) is 7.12. The van der Waals surface area contributed by atoms with Crippen LogP contribution in [-0.2, 0) is 16.8 Å². The number of hydrogen-bond acceptors (Lipinski definition) is 3. The summed E-state index contributed by atoms with van der Waals surface area (Å²) in [4.78, 5) is 12.9. The molecule has 0 aromatic heterocycles. The van der Waals surface area contributed by atoms with E-state index in [9.17, 15) is 4.79 Å². The van der Waals surface area contributed by atoms with Crippen molar-refractivity contribution in [2.45, 2.75) is 18.4 Å². The maximum absolute atomic E-state index is 12.9. The number of fused-ring (bicyclic) bond motifs is 1. The molecule has 0 N–H and O–H groups in total. The van der Waals surface area contributed by atoms with Crippen molar-refractivity contribution in [3.05, 3.63) is 108 Å². The zero-order valence-electron chi connectivity index (χ0n) is 14.9. The summed E-state index contributed by atoms with van der Waals surface area (Å²) in [7, 11) is 0. The normalized spacial score (nSPS) is 17.9. The van der Waals surface area contributed by atoms with Crippen molar-refractivity contribution in [3.8, 4) is 11.5 Å². The van der Waals surface area contributed by atoms with Crippen molar-refractivity contribution in [3.63, 3.8) is 0 Å². The van der Waals surface area contributed by atoms with E-state index < -0.39 is 5.41 Å². The lowest BCUT2D eigenvalue weighted by molar-refractivity contribution is -0.136. The summed E-state index contributed by atoms with van der Waals surface area (Å²) in [6.45, 7) is 4.33. The molecule has 1 aliphatic heterocycles. The lowest BCUT2D eigenvalue weighted by Crippen LogP contribution is -2.34. The molecule has 0 aliphatic carbocycles. The predicted octanol–water partition coefficient (Wildman–Crippen LogP) is 5.05. The SMILES string of the molecule is C=CCC1(c2ccccc2)C(=O)Oc2ccc(OCc3ccccc3)cc21. The molecule has 0 saturated carbocycles. The van der Waals surface area contributed by atoms with E-state index in [0.717, 1.165) is 16.7 Å². The number of carbonyl (C=O) groups is 1. The van der Waals surface area contributed by atoms with Gasteiger partial charge in [0.2, 0.25) is 0 Å². The quantitative estimate of drug-likeness (QED) is 0.352. The number of esters is 1. The van der Waals surface area contributed by atoms with Gasteiger partial charge in [-0.05, 0) is 35.7 Å². The highest BCUT2D eigenvalue weighted by molar-refractivity contribution is 5.94. The van der Waals surface area contributed by atoms with Crippen LogP contribution in [0.15, 0.2) is 91.5 Å². The number of allylic oxidation sites excluding steroid dienone is 1. The summed E-state index contributed by atoms with van der Waals surface area (Å²) in [5.41, 5.74) is 1.92. The molecular formula is C24H20O3. The highest BCUT2D eigenvalue weighted by atomic mass is 16.5. The van der Waals surface area contributed by atoms with Crippen LogP contribution in [0.3, 0.4) is 0 Å². The molecule has 1 heterocycles. The molecule has 3 aromatic carbocycles. The Morgan fingerprint density at radius 1 is 0.963 bits per heavy atom. The molecule has 134 valence electrons. The van der Waals surface area contributed by atoms with Crippen LogP contribution in [0.2, 0.25) is 0 Å². The van der Waals surface area contributed by atoms with E-state index in [2.05, 4.69) is 6.58 Å². The number of ether oxygens (including phenoxy) is 2. The van der Waals surface area contributed by atoms with Gasteiger partial charge >= 0.3 is 5.97 Å². The Kier molecular flexibility index (Phi) is 4.51. The zero-order valence-corrected chi connectivity index (χ0v) is 14.9. The summed E-state index contributed by atoms with van der Waals surface area (Å²) in [6, 6.07) is 25.3. The Bertz CT molecular complexity index is 963. The molecule has 27 heavy (non-hydrogen) atoms. The second-order valence-electron chi connectivity index (χ2n) is 6.59. The molecule has 0 saturated heterocycles. The van der Waals surface area contributed by atoms with E-state index >= 15 is 0 Å². The fourth-order valence-electron chi connectivity index (χ4n) is 3.58. The first-order valence-electron chi connectivity index (χ1n) is 8.94. The molecule has 3 nitrogen and oxygen atoms in total. The molecular weight excluding hydrogens is 336 g/mol. The van der Waals surface area contributed by atoms with Gasteiger partial charge in [-0.25, -0.2) is 0 Å². The lowest BCUT2D eigenvalue weighted by Gasteiger charge is -2.25. The molecule has 1 aliphatic rings. The van der Waals surface area contributed by atoms with Gasteiger partial charge in [0.05, 0.1) is 0 Å². The Morgan fingerprint density at radius 3 is 2.37 bits per heavy atom. The van der Waals surface area contributed by atoms with Crippen molar-refractivity contribution in [1.82, 2.24) is 0 Å². The van der Waals surface area contributed by atoms with Crippen LogP contribution in [0.4, 0.5) is 0 Å². The Balaban J connectivity index is 1.72. The van der Waals surface area contributed by atoms with Crippen molar-refractivity contribution in [2.24, 2.45) is 0 Å². The Morgan fingerprint density at radius 2 is 1.67 bits per heavy atom. The van der Waals surface area contributed by atoms with Gasteiger partial charge < -0.3 is 9.47 Å². The lowest BCUT2D eigenvalue weighted by atomic mass is 9.73. The molecule has 0 spiro atoms. The summed E-state index contributed by atoms with van der Waals surface area (Å²) < 4.78 is 11.6. The second-order valence-corrected chi connectivity index (χ2v) is 6.59. The van der Waals surface area contributed by atoms with Gasteiger partial charge in [-0.15, -0.1) is 6.58 Å². The van der Waals surface area contributed by atoms with E-state index in [1.807, 2.05) is 72.8 Å². The molecule has 0 amide bonds. The van der Waals surface area contributed by atoms with Crippen LogP contribution in [0.5, 0.6) is 11.5 Å². The first kappa shape index (κ1) is 17.1. The standard InChI is InChI=1S/C24H20O3/c1-2-15-24(19-11-7-4-8-12-19)21-16-20(13-14-22(21)27-23(24)25)26-17-18-9-5-3-6-10-18/h2-14,16H,1,15,17H2. The van der Waals surface area contributed by atoms with Gasteiger partial charge in [0.1, 0.15) is 23.5 Å². The highest BCUT2D eigenvalue weighted by Crippen LogP contribution is 2.48. The molecule has 3 heteroatoms. The molecule has 4 rings (SSSR count). The molecule has 1 unspecified atom stereocenters. The van der Waals surface area contributed by atoms with Crippen molar-refractivity contribution >= 4 is 5.97 Å². The maximum atomic E-state index is 12.9. The van der Waals surface area contributed by atoms with Crippen LogP contribution in [0.1, 0.15) is 23.1 Å². The minimum absolute atomic E-state index is 0.274. The van der Waals surface area contributed by atoms with Crippen molar-refractivity contribution in [1.29, 1.82) is 0 Å². The van der Waals surface area contributed by atoms with Crippen LogP contribution < -0.4 is 9.47 Å². The predicted molar refractivity (Wildman–Crippen MR) is 105 cm³/mol. The highest BCUT2D eigenvalue weighted by Gasteiger charge is 2.49. The first-order valence-corrected chi connectivity index (χ1v) is 8.94. The fraction of sp³-hybridized carbons (Fsp3) is 0.125. The summed E-state index contributed by atoms with van der Waals surface area (Å²) >= 11 is 0. The minimum Gasteiger partial charge on any atom is -0.489 e. The van der Waals surface area contributed by atoms with Crippen LogP contribution in [0, 0.1) is 0 Å². The third kappa shape index (κ3) is 3.02. The molecule has 3 aromatic rings. The van der Waals surface area contributed by atoms with Gasteiger partial charge in [-0.2, -0.15) is 0 Å². The summed E-state index contributed by atoms with van der Waals surface area (Å²) in [5, 5.41) is 0. The third-order valence-corrected chi connectivity index (χ3v) is 4.93. The number of carbonyl (C=O) groups excluding carboxylic acids is 1. The third-order valence-electron chi connectivity index (χ3n) is 4.93. The summed E-state index contributed by atoms with van der Waals surface area (Å²) in [5.74, 6) is 1.02. The smallest absolute Gasteiger partial charge is 0.326 e. The first-order chi connectivity index (χ1) is 13.2. The fourth-order valence-corrected chi connectivity index (χ4v) is 3.58. The van der Waals surface area contributed by atoms with Gasteiger partial charge in [0.15, 0.2) is 0 Å². The molecule has 0 fully saturated rings. The van der Waals surface area contributed by atoms with Crippen molar-refractivity contribution in [2.75, 3.05) is 0 Å². The molecule has 0 radical (unpaired) electrons. The largest absolute Gasteiger partial charge is 0.489 e. The van der Waals surface area contributed by atoms with E-state index in [-0.39, 0.29) is 5.97 Å².